The minimum absolute atomic E-state index is 0.375. The van der Waals surface area contributed by atoms with Gasteiger partial charge in [-0.3, -0.25) is 4.55 Å². The molecule has 0 aliphatic rings. The molecule has 0 aromatic carbocycles. The minimum Gasteiger partial charge on any atom is -0.326 e. The van der Waals surface area contributed by atoms with Crippen molar-refractivity contribution in [1.29, 1.82) is 0 Å². The van der Waals surface area contributed by atoms with Crippen LogP contribution >= 0.6 is 0 Å². The van der Waals surface area contributed by atoms with Crippen LogP contribution < -0.4 is 11.1 Å². The molecule has 0 saturated carbocycles. The Morgan fingerprint density at radius 1 is 1.70 bits per heavy atom. The summed E-state index contributed by atoms with van der Waals surface area (Å²) in [6.45, 7) is 0.375. The van der Waals surface area contributed by atoms with Crippen LogP contribution in [0, 0.1) is 0 Å². The molecule has 0 aromatic heterocycles. The van der Waals surface area contributed by atoms with E-state index in [1.807, 2.05) is 0 Å². The van der Waals surface area contributed by atoms with E-state index in [0.717, 1.165) is 0 Å². The molecule has 0 aromatic rings. The highest BCUT2D eigenvalue weighted by atomic mass is 32.2. The second-order valence-corrected chi connectivity index (χ2v) is 3.56. The maximum absolute atomic E-state index is 10.2. The maximum atomic E-state index is 10.2. The van der Waals surface area contributed by atoms with Crippen LogP contribution in [0.15, 0.2) is 0 Å². The van der Waals surface area contributed by atoms with Crippen LogP contribution in [0.1, 0.15) is 0 Å². The van der Waals surface area contributed by atoms with Crippen molar-refractivity contribution in [3.05, 3.63) is 0 Å². The Bertz CT molecular complexity index is 177. The van der Waals surface area contributed by atoms with E-state index in [-0.39, 0.29) is 0 Å². The Labute approximate surface area is 60.4 Å². The highest BCUT2D eigenvalue weighted by molar-refractivity contribution is 7.85. The Hall–Kier alpha value is -0.170. The fraction of sp³-hybridized carbons (Fsp3) is 1.00. The molecule has 0 aliphatic carbocycles. The first kappa shape index (κ1) is 9.83. The number of hydrogen-bond donors (Lipinski definition) is 3. The molecule has 5 nitrogen and oxygen atoms in total. The summed E-state index contributed by atoms with van der Waals surface area (Å²) in [5, 5.41) is 2.69. The lowest BCUT2D eigenvalue weighted by molar-refractivity contribution is 0.475. The van der Waals surface area contributed by atoms with E-state index in [1.54, 1.807) is 7.05 Å². The van der Waals surface area contributed by atoms with E-state index >= 15 is 0 Å². The lowest BCUT2D eigenvalue weighted by Crippen LogP contribution is -2.37. The second kappa shape index (κ2) is 3.87. The molecule has 0 saturated heterocycles. The van der Waals surface area contributed by atoms with Crippen LogP contribution in [-0.4, -0.2) is 38.4 Å². The summed E-state index contributed by atoms with van der Waals surface area (Å²) in [4.78, 5) is 0. The van der Waals surface area contributed by atoms with Crippen LogP contribution in [0.2, 0.25) is 0 Å². The number of nitrogens with one attached hydrogen (secondary N) is 1. The SMILES string of the molecule is CNCC(N)CS(=O)(=O)O. The van der Waals surface area contributed by atoms with Crippen molar-refractivity contribution in [2.45, 2.75) is 6.04 Å². The zero-order chi connectivity index (χ0) is 8.20. The smallest absolute Gasteiger partial charge is 0.266 e. The molecule has 0 amide bonds. The Kier molecular flexibility index (Phi) is 3.80. The van der Waals surface area contributed by atoms with Crippen molar-refractivity contribution in [2.24, 2.45) is 5.73 Å². The molecule has 1 atom stereocenters. The molecule has 0 radical (unpaired) electrons. The molecule has 0 fully saturated rings. The first-order valence-electron chi connectivity index (χ1n) is 2.81. The average molecular weight is 168 g/mol. The van der Waals surface area contributed by atoms with Crippen molar-refractivity contribution < 1.29 is 13.0 Å². The molecule has 0 spiro atoms. The van der Waals surface area contributed by atoms with Crippen LogP contribution in [0.4, 0.5) is 0 Å². The van der Waals surface area contributed by atoms with Crippen molar-refractivity contribution in [1.82, 2.24) is 5.32 Å². The minimum atomic E-state index is -3.91. The number of rotatable bonds is 4. The van der Waals surface area contributed by atoms with Crippen LogP contribution in [0.25, 0.3) is 0 Å². The number of likely N-dealkylation sites (N-methyl/N-ethyl adjacent to an activating group) is 1. The third-order valence-electron chi connectivity index (χ3n) is 0.891. The first-order valence-corrected chi connectivity index (χ1v) is 4.42. The molecule has 62 valence electrons. The summed E-state index contributed by atoms with van der Waals surface area (Å²) >= 11 is 0. The van der Waals surface area contributed by atoms with Gasteiger partial charge in [0.15, 0.2) is 0 Å². The van der Waals surface area contributed by atoms with Gasteiger partial charge in [-0.15, -0.1) is 0 Å². The Morgan fingerprint density at radius 3 is 2.50 bits per heavy atom. The van der Waals surface area contributed by atoms with E-state index in [1.165, 1.54) is 0 Å². The summed E-state index contributed by atoms with van der Waals surface area (Å²) in [5.74, 6) is -0.395. The summed E-state index contributed by atoms with van der Waals surface area (Å²) < 4.78 is 28.6. The lowest BCUT2D eigenvalue weighted by atomic mass is 10.4. The van der Waals surface area contributed by atoms with Gasteiger partial charge in [0, 0.05) is 12.6 Å². The van der Waals surface area contributed by atoms with Gasteiger partial charge >= 0.3 is 0 Å². The van der Waals surface area contributed by atoms with Crippen molar-refractivity contribution in [3.63, 3.8) is 0 Å². The van der Waals surface area contributed by atoms with Gasteiger partial charge < -0.3 is 11.1 Å². The Balaban J connectivity index is 3.69. The van der Waals surface area contributed by atoms with Gasteiger partial charge in [-0.25, -0.2) is 0 Å². The van der Waals surface area contributed by atoms with E-state index in [2.05, 4.69) is 5.32 Å². The molecule has 1 unspecified atom stereocenters. The molecule has 0 rings (SSSR count). The summed E-state index contributed by atoms with van der Waals surface area (Å²) in [6.07, 6.45) is 0. The average Bonchev–Trinajstić information content (AvgIpc) is 1.59. The standard InChI is InChI=1S/C4H12N2O3S/c1-6-2-4(5)3-10(7,8)9/h4,6H,2-3,5H2,1H3,(H,7,8,9). The highest BCUT2D eigenvalue weighted by Gasteiger charge is 2.10. The van der Waals surface area contributed by atoms with Crippen molar-refractivity contribution in [3.8, 4) is 0 Å². The van der Waals surface area contributed by atoms with E-state index in [0.29, 0.717) is 6.54 Å². The zero-order valence-corrected chi connectivity index (χ0v) is 6.56. The van der Waals surface area contributed by atoms with Crippen LogP contribution in [0.3, 0.4) is 0 Å². The maximum Gasteiger partial charge on any atom is 0.266 e. The first-order chi connectivity index (χ1) is 4.45. The molecular formula is C4H12N2O3S. The van der Waals surface area contributed by atoms with Crippen LogP contribution in [0.5, 0.6) is 0 Å². The monoisotopic (exact) mass is 168 g/mol. The van der Waals surface area contributed by atoms with E-state index < -0.39 is 21.9 Å². The van der Waals surface area contributed by atoms with Crippen LogP contribution in [-0.2, 0) is 10.1 Å². The van der Waals surface area contributed by atoms with Gasteiger partial charge in [-0.1, -0.05) is 0 Å². The fourth-order valence-corrected chi connectivity index (χ4v) is 1.25. The quantitative estimate of drug-likeness (QED) is 0.441. The summed E-state index contributed by atoms with van der Waals surface area (Å²) in [5.41, 5.74) is 5.27. The Morgan fingerprint density at radius 2 is 2.20 bits per heavy atom. The molecular weight excluding hydrogens is 156 g/mol. The van der Waals surface area contributed by atoms with E-state index in [4.69, 9.17) is 10.3 Å². The van der Waals surface area contributed by atoms with Gasteiger partial charge in [0.05, 0.1) is 5.75 Å². The van der Waals surface area contributed by atoms with Gasteiger partial charge in [0.25, 0.3) is 10.1 Å². The zero-order valence-electron chi connectivity index (χ0n) is 5.74. The molecule has 4 N–H and O–H groups in total. The molecule has 0 aliphatic heterocycles. The normalized spacial score (nSPS) is 15.1. The van der Waals surface area contributed by atoms with Crippen molar-refractivity contribution >= 4 is 10.1 Å². The predicted molar refractivity (Wildman–Crippen MR) is 38.3 cm³/mol. The largest absolute Gasteiger partial charge is 0.326 e. The predicted octanol–water partition coefficient (Wildman–Crippen LogP) is -1.58. The molecule has 0 bridgehead atoms. The number of nitrogens with two attached hydrogens (primary N) is 1. The third-order valence-corrected chi connectivity index (χ3v) is 1.74. The van der Waals surface area contributed by atoms with Crippen molar-refractivity contribution in [2.75, 3.05) is 19.3 Å². The van der Waals surface area contributed by atoms with Gasteiger partial charge in [-0.2, -0.15) is 8.42 Å². The van der Waals surface area contributed by atoms with Gasteiger partial charge in [0.1, 0.15) is 0 Å². The third kappa shape index (κ3) is 5.96. The molecule has 6 heteroatoms. The van der Waals surface area contributed by atoms with E-state index in [9.17, 15) is 8.42 Å². The summed E-state index contributed by atoms with van der Waals surface area (Å²) in [6, 6.07) is -0.542. The molecule has 0 heterocycles. The fourth-order valence-electron chi connectivity index (χ4n) is 0.592. The second-order valence-electron chi connectivity index (χ2n) is 2.07. The van der Waals surface area contributed by atoms with Gasteiger partial charge in [0.2, 0.25) is 0 Å². The number of hydrogen-bond acceptors (Lipinski definition) is 4. The lowest BCUT2D eigenvalue weighted by Gasteiger charge is -2.06. The highest BCUT2D eigenvalue weighted by Crippen LogP contribution is 1.84. The topological polar surface area (TPSA) is 92.4 Å². The summed E-state index contributed by atoms with van der Waals surface area (Å²) in [7, 11) is -2.25. The van der Waals surface area contributed by atoms with Gasteiger partial charge in [-0.05, 0) is 7.05 Å². The molecule has 10 heavy (non-hydrogen) atoms.